The molecule has 1 aliphatic rings. The van der Waals surface area contributed by atoms with Gasteiger partial charge in [0.2, 0.25) is 0 Å². The van der Waals surface area contributed by atoms with Gasteiger partial charge in [-0.25, -0.2) is 8.42 Å². The normalized spacial score (nSPS) is 22.7. The summed E-state index contributed by atoms with van der Waals surface area (Å²) >= 11 is 0. The van der Waals surface area contributed by atoms with Gasteiger partial charge in [0.15, 0.2) is 9.84 Å². The first-order valence-electron chi connectivity index (χ1n) is 5.41. The van der Waals surface area contributed by atoms with Crippen molar-refractivity contribution in [3.05, 3.63) is 23.8 Å². The second-order valence-electron chi connectivity index (χ2n) is 4.29. The fourth-order valence-electron chi connectivity index (χ4n) is 1.91. The minimum atomic E-state index is -2.88. The summed E-state index contributed by atoms with van der Waals surface area (Å²) in [5.41, 5.74) is 0.645. The molecule has 0 aromatic heterocycles. The Morgan fingerprint density at radius 2 is 2.12 bits per heavy atom. The summed E-state index contributed by atoms with van der Waals surface area (Å²) in [4.78, 5) is 0. The molecule has 0 amide bonds. The molecule has 1 aromatic rings. The highest BCUT2D eigenvalue weighted by atomic mass is 32.2. The van der Waals surface area contributed by atoms with Crippen LogP contribution in [0.1, 0.15) is 12.0 Å². The van der Waals surface area contributed by atoms with E-state index in [0.29, 0.717) is 18.5 Å². The van der Waals surface area contributed by atoms with Gasteiger partial charge in [-0.2, -0.15) is 0 Å². The zero-order chi connectivity index (χ0) is 12.5. The van der Waals surface area contributed by atoms with Gasteiger partial charge in [0.25, 0.3) is 0 Å². The fourth-order valence-corrected chi connectivity index (χ4v) is 3.62. The van der Waals surface area contributed by atoms with Crippen molar-refractivity contribution in [2.45, 2.75) is 19.0 Å². The Bertz CT molecular complexity index is 512. The lowest BCUT2D eigenvalue weighted by atomic mass is 10.1. The molecule has 6 heteroatoms. The Morgan fingerprint density at radius 3 is 2.71 bits per heavy atom. The van der Waals surface area contributed by atoms with E-state index in [2.05, 4.69) is 5.32 Å². The van der Waals surface area contributed by atoms with Crippen LogP contribution in [0.25, 0.3) is 0 Å². The number of rotatable bonds is 3. The third-order valence-electron chi connectivity index (χ3n) is 2.88. The van der Waals surface area contributed by atoms with E-state index in [-0.39, 0.29) is 29.0 Å². The van der Waals surface area contributed by atoms with E-state index in [0.717, 1.165) is 0 Å². The maximum atomic E-state index is 11.2. The van der Waals surface area contributed by atoms with Gasteiger partial charge < -0.3 is 15.5 Å². The number of sulfone groups is 1. The molecule has 1 unspecified atom stereocenters. The summed E-state index contributed by atoms with van der Waals surface area (Å²) in [7, 11) is -2.88. The third kappa shape index (κ3) is 3.10. The molecule has 17 heavy (non-hydrogen) atoms. The fraction of sp³-hybridized carbons (Fsp3) is 0.455. The Morgan fingerprint density at radius 1 is 1.35 bits per heavy atom. The SMILES string of the molecule is O=S1(=O)CCC(NCc2ccc(O)cc2O)C1. The molecule has 5 nitrogen and oxygen atoms in total. The summed E-state index contributed by atoms with van der Waals surface area (Å²) in [6.45, 7) is 0.395. The van der Waals surface area contributed by atoms with E-state index >= 15 is 0 Å². The lowest BCUT2D eigenvalue weighted by molar-refractivity contribution is 0.441. The predicted molar refractivity (Wildman–Crippen MR) is 63.7 cm³/mol. The summed E-state index contributed by atoms with van der Waals surface area (Å²) in [6.07, 6.45) is 0.612. The first kappa shape index (κ1) is 12.2. The topological polar surface area (TPSA) is 86.6 Å². The van der Waals surface area contributed by atoms with Crippen LogP contribution in [0.5, 0.6) is 11.5 Å². The molecule has 2 rings (SSSR count). The highest BCUT2D eigenvalue weighted by Gasteiger charge is 2.27. The quantitative estimate of drug-likeness (QED) is 0.728. The number of benzene rings is 1. The minimum Gasteiger partial charge on any atom is -0.508 e. The van der Waals surface area contributed by atoms with Crippen molar-refractivity contribution in [3.63, 3.8) is 0 Å². The summed E-state index contributed by atoms with van der Waals surface area (Å²) in [6, 6.07) is 4.32. The van der Waals surface area contributed by atoms with Crippen LogP contribution in [0.3, 0.4) is 0 Å². The number of aromatic hydroxyl groups is 2. The Hall–Kier alpha value is -1.27. The molecular formula is C11H15NO4S. The standard InChI is InChI=1S/C11H15NO4S/c13-10-2-1-8(11(14)5-10)6-12-9-3-4-17(15,16)7-9/h1-2,5,9,12-14H,3-4,6-7H2. The lowest BCUT2D eigenvalue weighted by Gasteiger charge is -2.11. The summed E-state index contributed by atoms with van der Waals surface area (Å²) < 4.78 is 22.5. The second-order valence-corrected chi connectivity index (χ2v) is 6.52. The van der Waals surface area contributed by atoms with Crippen LogP contribution in [-0.2, 0) is 16.4 Å². The Balaban J connectivity index is 1.95. The van der Waals surface area contributed by atoms with Gasteiger partial charge in [0.05, 0.1) is 11.5 Å². The molecule has 0 saturated carbocycles. The van der Waals surface area contributed by atoms with E-state index in [1.54, 1.807) is 6.07 Å². The molecule has 1 heterocycles. The van der Waals surface area contributed by atoms with E-state index in [9.17, 15) is 13.5 Å². The maximum absolute atomic E-state index is 11.2. The van der Waals surface area contributed by atoms with Crippen LogP contribution in [0, 0.1) is 0 Å². The average molecular weight is 257 g/mol. The second kappa shape index (κ2) is 4.54. The molecule has 1 saturated heterocycles. The zero-order valence-electron chi connectivity index (χ0n) is 9.26. The van der Waals surface area contributed by atoms with E-state index in [1.807, 2.05) is 0 Å². The molecule has 1 aliphatic heterocycles. The zero-order valence-corrected chi connectivity index (χ0v) is 10.1. The molecule has 0 bridgehead atoms. The predicted octanol–water partition coefficient (Wildman–Crippen LogP) is 0.374. The van der Waals surface area contributed by atoms with Gasteiger partial charge in [0.1, 0.15) is 11.5 Å². The number of phenols is 2. The Kier molecular flexibility index (Phi) is 3.26. The maximum Gasteiger partial charge on any atom is 0.151 e. The van der Waals surface area contributed by atoms with Crippen molar-refractivity contribution < 1.29 is 18.6 Å². The van der Waals surface area contributed by atoms with Gasteiger partial charge in [-0.15, -0.1) is 0 Å². The first-order chi connectivity index (χ1) is 7.96. The summed E-state index contributed by atoms with van der Waals surface area (Å²) in [5.74, 6) is 0.408. The van der Waals surface area contributed by atoms with Crippen molar-refractivity contribution in [2.24, 2.45) is 0 Å². The van der Waals surface area contributed by atoms with Crippen LogP contribution in [0.2, 0.25) is 0 Å². The third-order valence-corrected chi connectivity index (χ3v) is 4.65. The monoisotopic (exact) mass is 257 g/mol. The van der Waals surface area contributed by atoms with Crippen LogP contribution in [-0.4, -0.2) is 36.2 Å². The number of hydrogen-bond donors (Lipinski definition) is 3. The first-order valence-corrected chi connectivity index (χ1v) is 7.23. The molecule has 94 valence electrons. The highest BCUT2D eigenvalue weighted by molar-refractivity contribution is 7.91. The van der Waals surface area contributed by atoms with Crippen LogP contribution in [0.4, 0.5) is 0 Å². The van der Waals surface area contributed by atoms with Gasteiger partial charge >= 0.3 is 0 Å². The van der Waals surface area contributed by atoms with Gasteiger partial charge in [-0.3, -0.25) is 0 Å². The number of nitrogens with one attached hydrogen (secondary N) is 1. The molecule has 1 fully saturated rings. The molecule has 1 atom stereocenters. The minimum absolute atomic E-state index is 0.00898. The van der Waals surface area contributed by atoms with Crippen LogP contribution >= 0.6 is 0 Å². The van der Waals surface area contributed by atoms with Crippen molar-refractivity contribution >= 4 is 9.84 Å². The van der Waals surface area contributed by atoms with Crippen LogP contribution in [0.15, 0.2) is 18.2 Å². The molecule has 0 radical (unpaired) electrons. The molecule has 1 aromatic carbocycles. The smallest absolute Gasteiger partial charge is 0.151 e. The molecular weight excluding hydrogens is 242 g/mol. The highest BCUT2D eigenvalue weighted by Crippen LogP contribution is 2.22. The lowest BCUT2D eigenvalue weighted by Crippen LogP contribution is -2.29. The molecule has 0 aliphatic carbocycles. The Labute approximate surface area is 100 Å². The van der Waals surface area contributed by atoms with Crippen molar-refractivity contribution in [1.82, 2.24) is 5.32 Å². The average Bonchev–Trinajstić information content (AvgIpc) is 2.57. The van der Waals surface area contributed by atoms with Crippen molar-refractivity contribution in [1.29, 1.82) is 0 Å². The van der Waals surface area contributed by atoms with E-state index < -0.39 is 9.84 Å². The largest absolute Gasteiger partial charge is 0.508 e. The van der Waals surface area contributed by atoms with Gasteiger partial charge in [0, 0.05) is 24.2 Å². The molecule has 3 N–H and O–H groups in total. The van der Waals surface area contributed by atoms with E-state index in [1.165, 1.54) is 12.1 Å². The van der Waals surface area contributed by atoms with Crippen molar-refractivity contribution in [2.75, 3.05) is 11.5 Å². The number of hydrogen-bond acceptors (Lipinski definition) is 5. The number of phenolic OH excluding ortho intramolecular Hbond substituents is 2. The van der Waals surface area contributed by atoms with Gasteiger partial charge in [-0.05, 0) is 12.5 Å². The van der Waals surface area contributed by atoms with Crippen molar-refractivity contribution in [3.8, 4) is 11.5 Å². The van der Waals surface area contributed by atoms with Gasteiger partial charge in [-0.1, -0.05) is 6.07 Å². The summed E-state index contributed by atoms with van der Waals surface area (Å²) in [5, 5.41) is 21.8. The van der Waals surface area contributed by atoms with Crippen LogP contribution < -0.4 is 5.32 Å². The van der Waals surface area contributed by atoms with E-state index in [4.69, 9.17) is 5.11 Å². The molecule has 0 spiro atoms.